The van der Waals surface area contributed by atoms with Crippen molar-refractivity contribution in [3.05, 3.63) is 77.9 Å². The fraction of sp³-hybridized carbons (Fsp3) is 0.500. The molecule has 1 aliphatic heterocycles. The van der Waals surface area contributed by atoms with Crippen LogP contribution in [0.15, 0.2) is 61.2 Å². The molecule has 3 N–H and O–H groups in total. The van der Waals surface area contributed by atoms with E-state index < -0.39 is 12.3 Å². The molecule has 4 rings (SSSR count). The summed E-state index contributed by atoms with van der Waals surface area (Å²) in [7, 11) is 0. The second kappa shape index (κ2) is 14.6. The van der Waals surface area contributed by atoms with Gasteiger partial charge >= 0.3 is 5.97 Å². The third-order valence-electron chi connectivity index (χ3n) is 7.98. The average molecular weight is 551 g/mol. The Morgan fingerprint density at radius 2 is 1.82 bits per heavy atom. The van der Waals surface area contributed by atoms with Gasteiger partial charge in [0.2, 0.25) is 5.91 Å². The van der Waals surface area contributed by atoms with Crippen molar-refractivity contribution in [1.82, 2.24) is 4.90 Å². The summed E-state index contributed by atoms with van der Waals surface area (Å²) in [5, 5.41) is 21.2. The molecule has 0 radical (unpaired) electrons. The molecule has 2 aliphatic rings. The lowest BCUT2D eigenvalue weighted by atomic mass is 9.89. The van der Waals surface area contributed by atoms with E-state index in [0.717, 1.165) is 29.8 Å². The van der Waals surface area contributed by atoms with Crippen molar-refractivity contribution in [2.45, 2.75) is 83.0 Å². The van der Waals surface area contributed by atoms with Gasteiger partial charge in [-0.2, -0.15) is 0 Å². The number of hydrogen-bond acceptors (Lipinski definition) is 6. The quantitative estimate of drug-likeness (QED) is 0.279. The number of amides is 1. The van der Waals surface area contributed by atoms with Crippen molar-refractivity contribution >= 4 is 17.6 Å². The number of aliphatic hydroxyl groups excluding tert-OH is 1. The highest BCUT2D eigenvalue weighted by molar-refractivity contribution is 5.90. The number of carbonyl (C=O) groups is 2. The lowest BCUT2D eigenvalue weighted by Gasteiger charge is -2.43. The number of carbonyl (C=O) groups excluding carboxylic acids is 1. The van der Waals surface area contributed by atoms with Crippen LogP contribution in [-0.4, -0.2) is 52.2 Å². The minimum absolute atomic E-state index is 0.0115. The number of aliphatic carboxylic acids is 1. The fourth-order valence-corrected chi connectivity index (χ4v) is 5.75. The summed E-state index contributed by atoms with van der Waals surface area (Å²) >= 11 is 0. The Hall–Kier alpha value is -3.04. The van der Waals surface area contributed by atoms with Gasteiger partial charge in [-0.1, -0.05) is 62.2 Å². The van der Waals surface area contributed by atoms with Crippen molar-refractivity contribution in [1.29, 1.82) is 0 Å². The molecule has 2 aromatic rings. The maximum atomic E-state index is 12.4. The van der Waals surface area contributed by atoms with E-state index in [1.807, 2.05) is 48.5 Å². The van der Waals surface area contributed by atoms with Crippen LogP contribution in [0.1, 0.15) is 81.0 Å². The number of nitrogens with one attached hydrogen (secondary N) is 1. The molecule has 0 aromatic heterocycles. The molecule has 1 amide bonds. The van der Waals surface area contributed by atoms with Crippen LogP contribution in [0.5, 0.6) is 0 Å². The van der Waals surface area contributed by atoms with Crippen molar-refractivity contribution < 1.29 is 29.3 Å². The fourth-order valence-electron chi connectivity index (χ4n) is 5.75. The van der Waals surface area contributed by atoms with E-state index >= 15 is 0 Å². The van der Waals surface area contributed by atoms with Gasteiger partial charge in [-0.3, -0.25) is 14.5 Å². The first-order chi connectivity index (χ1) is 19.4. The van der Waals surface area contributed by atoms with E-state index in [1.165, 1.54) is 25.7 Å². The highest BCUT2D eigenvalue weighted by atomic mass is 16.7. The predicted octanol–water partition coefficient (Wildman–Crippen LogP) is 5.59. The van der Waals surface area contributed by atoms with Crippen LogP contribution in [0, 0.1) is 5.92 Å². The van der Waals surface area contributed by atoms with Crippen LogP contribution in [0.3, 0.4) is 0 Å². The largest absolute Gasteiger partial charge is 0.481 e. The third-order valence-corrected chi connectivity index (χ3v) is 7.98. The van der Waals surface area contributed by atoms with Crippen molar-refractivity contribution in [3.63, 3.8) is 0 Å². The number of nitrogens with zero attached hydrogens (tertiary/aromatic N) is 1. The molecule has 8 heteroatoms. The van der Waals surface area contributed by atoms with Gasteiger partial charge in [0.05, 0.1) is 18.8 Å². The first-order valence-corrected chi connectivity index (χ1v) is 14.3. The maximum Gasteiger partial charge on any atom is 0.303 e. The number of hydrogen-bond donors (Lipinski definition) is 3. The molecule has 0 spiro atoms. The summed E-state index contributed by atoms with van der Waals surface area (Å²) in [6.45, 7) is 7.72. The Morgan fingerprint density at radius 1 is 1.07 bits per heavy atom. The summed E-state index contributed by atoms with van der Waals surface area (Å²) in [6, 6.07) is 15.9. The Bertz CT molecular complexity index is 1130. The molecular formula is C32H42N2O6. The summed E-state index contributed by atoms with van der Waals surface area (Å²) < 4.78 is 13.2. The van der Waals surface area contributed by atoms with Gasteiger partial charge in [0.1, 0.15) is 0 Å². The van der Waals surface area contributed by atoms with Crippen LogP contribution in [0.4, 0.5) is 5.69 Å². The van der Waals surface area contributed by atoms with Gasteiger partial charge in [0.15, 0.2) is 6.29 Å². The molecule has 1 heterocycles. The highest BCUT2D eigenvalue weighted by Crippen LogP contribution is 2.42. The van der Waals surface area contributed by atoms with E-state index in [9.17, 15) is 14.7 Å². The second-order valence-corrected chi connectivity index (χ2v) is 10.9. The average Bonchev–Trinajstić information content (AvgIpc) is 3.49. The van der Waals surface area contributed by atoms with E-state index in [0.29, 0.717) is 11.7 Å². The second-order valence-electron chi connectivity index (χ2n) is 10.9. The molecule has 1 saturated heterocycles. The van der Waals surface area contributed by atoms with Gasteiger partial charge in [-0.05, 0) is 42.5 Å². The molecule has 4 unspecified atom stereocenters. The van der Waals surface area contributed by atoms with Crippen molar-refractivity contribution in [3.8, 4) is 0 Å². The van der Waals surface area contributed by atoms with Gasteiger partial charge < -0.3 is 25.0 Å². The van der Waals surface area contributed by atoms with Crippen LogP contribution in [0.2, 0.25) is 0 Å². The zero-order valence-electron chi connectivity index (χ0n) is 23.3. The van der Waals surface area contributed by atoms with Gasteiger partial charge in [-0.15, -0.1) is 6.58 Å². The highest BCUT2D eigenvalue weighted by Gasteiger charge is 2.40. The number of benzene rings is 2. The number of rotatable bonds is 13. The molecule has 2 aromatic carbocycles. The minimum Gasteiger partial charge on any atom is -0.481 e. The number of anilines is 1. The Labute approximate surface area is 237 Å². The molecule has 4 atom stereocenters. The third kappa shape index (κ3) is 8.01. The zero-order valence-corrected chi connectivity index (χ0v) is 23.3. The summed E-state index contributed by atoms with van der Waals surface area (Å²) in [4.78, 5) is 25.6. The molecule has 1 saturated carbocycles. The number of aliphatic hydroxyl groups is 1. The lowest BCUT2D eigenvalue weighted by Crippen LogP contribution is -2.47. The molecule has 8 nitrogen and oxygen atoms in total. The monoisotopic (exact) mass is 550 g/mol. The molecule has 1 aliphatic carbocycles. The normalized spacial score (nSPS) is 23.3. The standard InChI is InChI=1S/C32H42N2O6/c1-3-18-34(27-10-4-5-11-27)20-28-22(2)31(24-16-14-23(21-35)15-17-24)40-32(39-28)25-8-6-9-26(19-25)33-29(36)12-7-13-30(37)38/h3,6,8-9,14-17,19,22,27-28,31-32,35H,1,4-5,7,10-13,18,20-21H2,2H3,(H,33,36)(H,37,38). The molecule has 40 heavy (non-hydrogen) atoms. The van der Waals surface area contributed by atoms with Crippen LogP contribution >= 0.6 is 0 Å². The van der Waals surface area contributed by atoms with Gasteiger partial charge in [0, 0.05) is 49.1 Å². The van der Waals surface area contributed by atoms with E-state index in [4.69, 9.17) is 14.6 Å². The molecular weight excluding hydrogens is 508 g/mol. The van der Waals surface area contributed by atoms with E-state index in [-0.39, 0.29) is 49.9 Å². The number of carboxylic acids is 1. The summed E-state index contributed by atoms with van der Waals surface area (Å²) in [5.74, 6) is -1.07. The zero-order chi connectivity index (χ0) is 28.5. The van der Waals surface area contributed by atoms with E-state index in [2.05, 4.69) is 23.7 Å². The van der Waals surface area contributed by atoms with Crippen LogP contribution in [0.25, 0.3) is 0 Å². The number of ether oxygens (including phenoxy) is 2. The summed E-state index contributed by atoms with van der Waals surface area (Å²) in [6.07, 6.45) is 6.27. The molecule has 0 bridgehead atoms. The first-order valence-electron chi connectivity index (χ1n) is 14.3. The van der Waals surface area contributed by atoms with Crippen molar-refractivity contribution in [2.24, 2.45) is 5.92 Å². The van der Waals surface area contributed by atoms with E-state index in [1.54, 1.807) is 6.07 Å². The Morgan fingerprint density at radius 3 is 2.50 bits per heavy atom. The van der Waals surface area contributed by atoms with Crippen LogP contribution in [-0.2, 0) is 25.7 Å². The Kier molecular flexibility index (Phi) is 10.9. The van der Waals surface area contributed by atoms with Crippen LogP contribution < -0.4 is 5.32 Å². The van der Waals surface area contributed by atoms with Crippen molar-refractivity contribution in [2.75, 3.05) is 18.4 Å². The number of carboxylic acid groups (broad SMARTS) is 1. The smallest absolute Gasteiger partial charge is 0.303 e. The lowest BCUT2D eigenvalue weighted by molar-refractivity contribution is -0.276. The summed E-state index contributed by atoms with van der Waals surface area (Å²) in [5.41, 5.74) is 3.29. The Balaban J connectivity index is 1.55. The molecule has 216 valence electrons. The van der Waals surface area contributed by atoms with Gasteiger partial charge in [0.25, 0.3) is 0 Å². The molecule has 2 fully saturated rings. The predicted molar refractivity (Wildman–Crippen MR) is 154 cm³/mol. The van der Waals surface area contributed by atoms with Gasteiger partial charge in [-0.25, -0.2) is 0 Å². The maximum absolute atomic E-state index is 12.4. The first kappa shape index (κ1) is 29.9. The SMILES string of the molecule is C=CCN(CC1OC(c2cccc(NC(=O)CCCC(=O)O)c2)OC(c2ccc(CO)cc2)C1C)C1CCCC1. The minimum atomic E-state index is -0.912. The topological polar surface area (TPSA) is 108 Å².